The van der Waals surface area contributed by atoms with Gasteiger partial charge in [0.05, 0.1) is 6.10 Å². The zero-order chi connectivity index (χ0) is 12.2. The zero-order valence-electron chi connectivity index (χ0n) is 9.57. The Morgan fingerprint density at radius 2 is 1.87 bits per heavy atom. The molecular weight excluding hydrogens is 198 g/mol. The fourth-order valence-electron chi connectivity index (χ4n) is 0.886. The molecule has 0 rings (SSSR count). The molecule has 0 aliphatic carbocycles. The zero-order valence-corrected chi connectivity index (χ0v) is 9.57. The third-order valence-electron chi connectivity index (χ3n) is 2.53. The number of hydrogen-bond acceptors (Lipinski definition) is 3. The molecule has 0 radical (unpaired) electrons. The Bertz CT molecular complexity index is 248. The minimum atomic E-state index is -1.25. The van der Waals surface area contributed by atoms with Crippen LogP contribution in [0.3, 0.4) is 0 Å². The molecule has 2 atom stereocenters. The van der Waals surface area contributed by atoms with E-state index in [4.69, 9.17) is 5.11 Å². The van der Waals surface area contributed by atoms with Gasteiger partial charge < -0.3 is 15.5 Å². The van der Waals surface area contributed by atoms with Gasteiger partial charge in [-0.05, 0) is 13.3 Å². The van der Waals surface area contributed by atoms with E-state index in [2.05, 4.69) is 5.32 Å². The molecule has 1 amide bonds. The average Bonchev–Trinajstić information content (AvgIpc) is 2.12. The summed E-state index contributed by atoms with van der Waals surface area (Å²) in [5.41, 5.74) is -0.622. The van der Waals surface area contributed by atoms with Crippen molar-refractivity contribution in [3.05, 3.63) is 0 Å². The van der Waals surface area contributed by atoms with Crippen LogP contribution in [0.5, 0.6) is 0 Å². The number of carboxylic acids is 1. The van der Waals surface area contributed by atoms with Crippen LogP contribution in [0.2, 0.25) is 0 Å². The molecule has 0 saturated heterocycles. The molecule has 0 aliphatic heterocycles. The Hall–Kier alpha value is -1.10. The van der Waals surface area contributed by atoms with Crippen LogP contribution in [-0.2, 0) is 9.59 Å². The number of carbonyl (C=O) groups excluding carboxylic acids is 1. The molecule has 0 aromatic carbocycles. The van der Waals surface area contributed by atoms with E-state index in [1.54, 1.807) is 13.8 Å². The van der Waals surface area contributed by atoms with Gasteiger partial charge in [0, 0.05) is 5.41 Å². The highest BCUT2D eigenvalue weighted by Crippen LogP contribution is 2.19. The lowest BCUT2D eigenvalue weighted by atomic mass is 9.89. The van der Waals surface area contributed by atoms with Crippen molar-refractivity contribution >= 4 is 11.9 Å². The standard InChI is InChI=1S/C10H19NO4/c1-5-10(3,4)9(15)11-7(6(2)12)8(13)14/h6-7,12H,5H2,1-4H3,(H,11,15)(H,13,14). The van der Waals surface area contributed by atoms with Gasteiger partial charge in [-0.3, -0.25) is 4.79 Å². The van der Waals surface area contributed by atoms with Gasteiger partial charge in [0.15, 0.2) is 6.04 Å². The van der Waals surface area contributed by atoms with Gasteiger partial charge in [-0.1, -0.05) is 20.8 Å². The van der Waals surface area contributed by atoms with E-state index in [9.17, 15) is 14.7 Å². The molecule has 15 heavy (non-hydrogen) atoms. The second-order valence-electron chi connectivity index (χ2n) is 4.27. The molecule has 0 heterocycles. The largest absolute Gasteiger partial charge is 0.480 e. The predicted molar refractivity (Wildman–Crippen MR) is 55.3 cm³/mol. The second-order valence-corrected chi connectivity index (χ2v) is 4.27. The SMILES string of the molecule is CCC(C)(C)C(=O)NC(C(=O)O)C(C)O. The van der Waals surface area contributed by atoms with Crippen molar-refractivity contribution < 1.29 is 19.8 Å². The highest BCUT2D eigenvalue weighted by molar-refractivity contribution is 5.87. The fraction of sp³-hybridized carbons (Fsp3) is 0.800. The molecule has 0 fully saturated rings. The van der Waals surface area contributed by atoms with Crippen molar-refractivity contribution in [1.29, 1.82) is 0 Å². The van der Waals surface area contributed by atoms with Crippen LogP contribution in [0.4, 0.5) is 0 Å². The first kappa shape index (κ1) is 13.9. The van der Waals surface area contributed by atoms with Crippen LogP contribution in [0, 0.1) is 5.41 Å². The van der Waals surface area contributed by atoms with Gasteiger partial charge in [0.25, 0.3) is 0 Å². The summed E-state index contributed by atoms with van der Waals surface area (Å²) in [4.78, 5) is 22.3. The molecule has 0 bridgehead atoms. The number of amides is 1. The number of carboxylic acid groups (broad SMARTS) is 1. The van der Waals surface area contributed by atoms with Crippen LogP contribution in [0.25, 0.3) is 0 Å². The Kier molecular flexibility index (Phi) is 4.74. The van der Waals surface area contributed by atoms with Crippen molar-refractivity contribution in [3.8, 4) is 0 Å². The van der Waals surface area contributed by atoms with E-state index in [1.807, 2.05) is 6.92 Å². The topological polar surface area (TPSA) is 86.6 Å². The number of rotatable bonds is 5. The van der Waals surface area contributed by atoms with E-state index in [0.29, 0.717) is 6.42 Å². The first-order chi connectivity index (χ1) is 6.72. The third-order valence-corrected chi connectivity index (χ3v) is 2.53. The Labute approximate surface area is 89.5 Å². The third kappa shape index (κ3) is 3.87. The van der Waals surface area contributed by atoms with E-state index < -0.39 is 23.5 Å². The maximum absolute atomic E-state index is 11.6. The van der Waals surface area contributed by atoms with E-state index in [-0.39, 0.29) is 5.91 Å². The summed E-state index contributed by atoms with van der Waals surface area (Å²) in [6, 6.07) is -1.25. The Morgan fingerprint density at radius 1 is 1.40 bits per heavy atom. The highest BCUT2D eigenvalue weighted by Gasteiger charge is 2.31. The lowest BCUT2D eigenvalue weighted by Crippen LogP contribution is -2.51. The quantitative estimate of drug-likeness (QED) is 0.621. The summed E-state index contributed by atoms with van der Waals surface area (Å²) in [6.45, 7) is 6.63. The predicted octanol–water partition coefficient (Wildman–Crippen LogP) is 0.373. The van der Waals surface area contributed by atoms with Crippen LogP contribution >= 0.6 is 0 Å². The molecule has 0 aliphatic rings. The summed E-state index contributed by atoms with van der Waals surface area (Å²) in [5.74, 6) is -1.59. The molecule has 88 valence electrons. The normalized spacial score (nSPS) is 15.5. The number of aliphatic hydroxyl groups excluding tert-OH is 1. The molecule has 0 saturated carbocycles. The lowest BCUT2D eigenvalue weighted by Gasteiger charge is -2.25. The molecule has 0 spiro atoms. The van der Waals surface area contributed by atoms with Crippen LogP contribution in [-0.4, -0.2) is 34.2 Å². The summed E-state index contributed by atoms with van der Waals surface area (Å²) in [7, 11) is 0. The molecule has 5 nitrogen and oxygen atoms in total. The van der Waals surface area contributed by atoms with Gasteiger partial charge in [0.2, 0.25) is 5.91 Å². The molecule has 3 N–H and O–H groups in total. The van der Waals surface area contributed by atoms with Gasteiger partial charge in [-0.15, -0.1) is 0 Å². The maximum atomic E-state index is 11.6. The van der Waals surface area contributed by atoms with Gasteiger partial charge in [-0.2, -0.15) is 0 Å². The summed E-state index contributed by atoms with van der Waals surface area (Å²) in [5, 5.41) is 20.2. The second kappa shape index (κ2) is 5.11. The first-order valence-corrected chi connectivity index (χ1v) is 4.94. The number of aliphatic carboxylic acids is 1. The Morgan fingerprint density at radius 3 is 2.13 bits per heavy atom. The fourth-order valence-corrected chi connectivity index (χ4v) is 0.886. The number of nitrogens with one attached hydrogen (secondary N) is 1. The number of hydrogen-bond donors (Lipinski definition) is 3. The van der Waals surface area contributed by atoms with E-state index in [1.165, 1.54) is 6.92 Å². The van der Waals surface area contributed by atoms with Crippen LogP contribution < -0.4 is 5.32 Å². The summed E-state index contributed by atoms with van der Waals surface area (Å²) in [6.07, 6.45) is -0.510. The van der Waals surface area contributed by atoms with Gasteiger partial charge in [-0.25, -0.2) is 4.79 Å². The van der Waals surface area contributed by atoms with E-state index >= 15 is 0 Å². The summed E-state index contributed by atoms with van der Waals surface area (Å²) < 4.78 is 0. The van der Waals surface area contributed by atoms with Crippen LogP contribution in [0.15, 0.2) is 0 Å². The molecule has 0 aromatic heterocycles. The number of carbonyl (C=O) groups is 2. The molecular formula is C10H19NO4. The first-order valence-electron chi connectivity index (χ1n) is 4.94. The summed E-state index contributed by atoms with van der Waals surface area (Å²) >= 11 is 0. The lowest BCUT2D eigenvalue weighted by molar-refractivity contribution is -0.146. The number of aliphatic hydroxyl groups is 1. The van der Waals surface area contributed by atoms with Crippen molar-refractivity contribution in [2.75, 3.05) is 0 Å². The van der Waals surface area contributed by atoms with E-state index in [0.717, 1.165) is 0 Å². The van der Waals surface area contributed by atoms with Crippen molar-refractivity contribution in [2.24, 2.45) is 5.41 Å². The average molecular weight is 217 g/mol. The molecule has 0 aromatic rings. The highest BCUT2D eigenvalue weighted by atomic mass is 16.4. The Balaban J connectivity index is 4.57. The van der Waals surface area contributed by atoms with Crippen LogP contribution in [0.1, 0.15) is 34.1 Å². The molecule has 5 heteroatoms. The molecule has 2 unspecified atom stereocenters. The monoisotopic (exact) mass is 217 g/mol. The van der Waals surface area contributed by atoms with Crippen molar-refractivity contribution in [3.63, 3.8) is 0 Å². The van der Waals surface area contributed by atoms with Crippen molar-refractivity contribution in [1.82, 2.24) is 5.32 Å². The minimum Gasteiger partial charge on any atom is -0.480 e. The maximum Gasteiger partial charge on any atom is 0.328 e. The minimum absolute atomic E-state index is 0.363. The van der Waals surface area contributed by atoms with Crippen molar-refractivity contribution in [2.45, 2.75) is 46.3 Å². The van der Waals surface area contributed by atoms with Gasteiger partial charge in [0.1, 0.15) is 0 Å². The van der Waals surface area contributed by atoms with Gasteiger partial charge >= 0.3 is 5.97 Å². The smallest absolute Gasteiger partial charge is 0.328 e.